The lowest BCUT2D eigenvalue weighted by molar-refractivity contribution is 0.144. The Morgan fingerprint density at radius 2 is 2.00 bits per heavy atom. The van der Waals surface area contributed by atoms with Crippen LogP contribution in [-0.4, -0.2) is 17.3 Å². The van der Waals surface area contributed by atoms with E-state index in [1.807, 2.05) is 0 Å². The molecule has 0 bridgehead atoms. The Hall–Kier alpha value is -0.610. The Bertz CT molecular complexity index is 386. The molecule has 1 aliphatic rings. The molecule has 1 aromatic rings. The lowest BCUT2D eigenvalue weighted by Crippen LogP contribution is -2.32. The van der Waals surface area contributed by atoms with Crippen LogP contribution >= 0.6 is 15.9 Å². The average molecular weight is 302 g/mol. The Kier molecular flexibility index (Phi) is 4.40. The van der Waals surface area contributed by atoms with E-state index in [1.165, 1.54) is 18.6 Å². The van der Waals surface area contributed by atoms with E-state index in [0.29, 0.717) is 4.47 Å². The zero-order valence-electron chi connectivity index (χ0n) is 9.63. The summed E-state index contributed by atoms with van der Waals surface area (Å²) in [5, 5.41) is 13.3. The zero-order chi connectivity index (χ0) is 12.3. The smallest absolute Gasteiger partial charge is 0.124 e. The molecule has 0 radical (unpaired) electrons. The third kappa shape index (κ3) is 3.42. The number of aliphatic hydroxyl groups is 1. The van der Waals surface area contributed by atoms with Gasteiger partial charge in [-0.1, -0.05) is 19.3 Å². The fraction of sp³-hybridized carbons (Fsp3) is 0.538. The Morgan fingerprint density at radius 1 is 1.24 bits per heavy atom. The molecule has 0 spiro atoms. The number of halogens is 2. The minimum Gasteiger partial charge on any atom is -0.391 e. The molecule has 2 rings (SSSR count). The molecular weight excluding hydrogens is 285 g/mol. The van der Waals surface area contributed by atoms with E-state index < -0.39 is 0 Å². The van der Waals surface area contributed by atoms with Crippen LogP contribution in [0.4, 0.5) is 10.1 Å². The molecule has 17 heavy (non-hydrogen) atoms. The van der Waals surface area contributed by atoms with Crippen molar-refractivity contribution in [3.05, 3.63) is 28.5 Å². The number of rotatable bonds is 2. The molecule has 0 saturated heterocycles. The van der Waals surface area contributed by atoms with Crippen molar-refractivity contribution in [2.75, 3.05) is 5.32 Å². The van der Waals surface area contributed by atoms with Crippen LogP contribution < -0.4 is 5.32 Å². The molecule has 4 heteroatoms. The van der Waals surface area contributed by atoms with Crippen molar-refractivity contribution in [1.29, 1.82) is 0 Å². The summed E-state index contributed by atoms with van der Waals surface area (Å²) in [6.07, 6.45) is 4.90. The number of hydrogen-bond acceptors (Lipinski definition) is 2. The van der Waals surface area contributed by atoms with Crippen molar-refractivity contribution >= 4 is 21.6 Å². The molecule has 2 nitrogen and oxygen atoms in total. The molecule has 2 unspecified atom stereocenters. The van der Waals surface area contributed by atoms with Crippen molar-refractivity contribution in [2.24, 2.45) is 0 Å². The summed E-state index contributed by atoms with van der Waals surface area (Å²) in [5.41, 5.74) is 0.845. The van der Waals surface area contributed by atoms with Crippen molar-refractivity contribution in [2.45, 2.75) is 44.2 Å². The van der Waals surface area contributed by atoms with Gasteiger partial charge in [-0.05, 0) is 47.0 Å². The first kappa shape index (κ1) is 12.8. The van der Waals surface area contributed by atoms with Gasteiger partial charge in [0.05, 0.1) is 12.1 Å². The maximum atomic E-state index is 13.0. The first-order chi connectivity index (χ1) is 8.16. The van der Waals surface area contributed by atoms with Gasteiger partial charge in [0.2, 0.25) is 0 Å². The van der Waals surface area contributed by atoms with Crippen molar-refractivity contribution < 1.29 is 9.50 Å². The van der Waals surface area contributed by atoms with Gasteiger partial charge >= 0.3 is 0 Å². The topological polar surface area (TPSA) is 32.3 Å². The molecule has 1 aromatic carbocycles. The molecule has 0 aromatic heterocycles. The third-order valence-electron chi connectivity index (χ3n) is 3.25. The summed E-state index contributed by atoms with van der Waals surface area (Å²) in [4.78, 5) is 0. The van der Waals surface area contributed by atoms with Crippen LogP contribution in [0.25, 0.3) is 0 Å². The van der Waals surface area contributed by atoms with Crippen LogP contribution in [0, 0.1) is 5.82 Å². The largest absolute Gasteiger partial charge is 0.391 e. The monoisotopic (exact) mass is 301 g/mol. The van der Waals surface area contributed by atoms with Crippen LogP contribution in [0.2, 0.25) is 0 Å². The van der Waals surface area contributed by atoms with Gasteiger partial charge < -0.3 is 10.4 Å². The summed E-state index contributed by atoms with van der Waals surface area (Å²) < 4.78 is 13.7. The molecule has 1 saturated carbocycles. The van der Waals surface area contributed by atoms with E-state index in [-0.39, 0.29) is 18.0 Å². The first-order valence-electron chi connectivity index (χ1n) is 6.06. The molecule has 0 amide bonds. The zero-order valence-corrected chi connectivity index (χ0v) is 11.2. The SMILES string of the molecule is OC1CCCCCC1Nc1ccc(F)cc1Br. The molecule has 2 N–H and O–H groups in total. The summed E-state index contributed by atoms with van der Waals surface area (Å²) in [5.74, 6) is -0.260. The fourth-order valence-electron chi connectivity index (χ4n) is 2.26. The number of aliphatic hydroxyl groups excluding tert-OH is 1. The second-order valence-electron chi connectivity index (χ2n) is 4.58. The van der Waals surface area contributed by atoms with Gasteiger partial charge in [0.1, 0.15) is 5.82 Å². The number of nitrogens with one attached hydrogen (secondary N) is 1. The highest BCUT2D eigenvalue weighted by Crippen LogP contribution is 2.27. The maximum absolute atomic E-state index is 13.0. The highest BCUT2D eigenvalue weighted by atomic mass is 79.9. The summed E-state index contributed by atoms with van der Waals surface area (Å²) in [7, 11) is 0. The summed E-state index contributed by atoms with van der Waals surface area (Å²) in [6.45, 7) is 0. The highest BCUT2D eigenvalue weighted by Gasteiger charge is 2.21. The highest BCUT2D eigenvalue weighted by molar-refractivity contribution is 9.10. The van der Waals surface area contributed by atoms with Gasteiger partial charge in [0, 0.05) is 10.2 Å². The van der Waals surface area contributed by atoms with E-state index in [4.69, 9.17) is 0 Å². The van der Waals surface area contributed by atoms with Crippen LogP contribution in [0.3, 0.4) is 0 Å². The number of hydrogen-bond donors (Lipinski definition) is 2. The quantitative estimate of drug-likeness (QED) is 0.817. The number of benzene rings is 1. The van der Waals surface area contributed by atoms with E-state index in [9.17, 15) is 9.50 Å². The molecule has 2 atom stereocenters. The standard InChI is InChI=1S/C13H17BrFNO/c14-10-8-9(15)6-7-11(10)16-12-4-2-1-3-5-13(12)17/h6-8,12-13,16-17H,1-5H2. The Balaban J connectivity index is 2.08. The van der Waals surface area contributed by atoms with Crippen molar-refractivity contribution in [3.8, 4) is 0 Å². The second-order valence-corrected chi connectivity index (χ2v) is 5.43. The lowest BCUT2D eigenvalue weighted by atomic mass is 10.1. The molecule has 0 aliphatic heterocycles. The number of anilines is 1. The van der Waals surface area contributed by atoms with Crippen molar-refractivity contribution in [3.63, 3.8) is 0 Å². The van der Waals surface area contributed by atoms with Crippen LogP contribution in [0.1, 0.15) is 32.1 Å². The van der Waals surface area contributed by atoms with E-state index in [2.05, 4.69) is 21.2 Å². The maximum Gasteiger partial charge on any atom is 0.124 e. The fourth-order valence-corrected chi connectivity index (χ4v) is 2.73. The normalized spacial score (nSPS) is 25.4. The molecular formula is C13H17BrFNO. The van der Waals surface area contributed by atoms with Gasteiger partial charge in [0.15, 0.2) is 0 Å². The van der Waals surface area contributed by atoms with E-state index in [1.54, 1.807) is 6.07 Å². The predicted molar refractivity (Wildman–Crippen MR) is 70.6 cm³/mol. The van der Waals surface area contributed by atoms with Gasteiger partial charge in [0.25, 0.3) is 0 Å². The molecule has 94 valence electrons. The van der Waals surface area contributed by atoms with Gasteiger partial charge in [-0.3, -0.25) is 0 Å². The van der Waals surface area contributed by atoms with Crippen LogP contribution in [0.5, 0.6) is 0 Å². The molecule has 0 heterocycles. The summed E-state index contributed by atoms with van der Waals surface area (Å²) in [6, 6.07) is 4.64. The summed E-state index contributed by atoms with van der Waals surface area (Å²) >= 11 is 3.33. The lowest BCUT2D eigenvalue weighted by Gasteiger charge is -2.23. The van der Waals surface area contributed by atoms with Gasteiger partial charge in [-0.2, -0.15) is 0 Å². The Morgan fingerprint density at radius 3 is 2.76 bits per heavy atom. The van der Waals surface area contributed by atoms with Crippen molar-refractivity contribution in [1.82, 2.24) is 0 Å². The first-order valence-corrected chi connectivity index (χ1v) is 6.86. The van der Waals surface area contributed by atoms with Gasteiger partial charge in [-0.15, -0.1) is 0 Å². The van der Waals surface area contributed by atoms with Crippen LogP contribution in [0.15, 0.2) is 22.7 Å². The van der Waals surface area contributed by atoms with E-state index >= 15 is 0 Å². The average Bonchev–Trinajstić information content (AvgIpc) is 2.48. The van der Waals surface area contributed by atoms with Gasteiger partial charge in [-0.25, -0.2) is 4.39 Å². The minimum absolute atomic E-state index is 0.0688. The Labute approximate surface area is 109 Å². The van der Waals surface area contributed by atoms with Crippen LogP contribution in [-0.2, 0) is 0 Å². The van der Waals surface area contributed by atoms with E-state index in [0.717, 1.165) is 31.4 Å². The second kappa shape index (κ2) is 5.83. The molecule has 1 fully saturated rings. The predicted octanol–water partition coefficient (Wildman–Crippen LogP) is 3.69. The third-order valence-corrected chi connectivity index (χ3v) is 3.91. The minimum atomic E-state index is -0.311. The molecule has 1 aliphatic carbocycles.